The number of carbonyl (C=O) groups is 2. The lowest BCUT2D eigenvalue weighted by molar-refractivity contribution is -0.146. The maximum atomic E-state index is 13.6. The molecule has 0 radical (unpaired) electrons. The van der Waals surface area contributed by atoms with Crippen molar-refractivity contribution in [3.05, 3.63) is 51.7 Å². The zero-order chi connectivity index (χ0) is 24.2. The highest BCUT2D eigenvalue weighted by molar-refractivity contribution is 7.10. The molecule has 5 nitrogen and oxygen atoms in total. The van der Waals surface area contributed by atoms with E-state index in [1.54, 1.807) is 16.2 Å². The molecule has 0 saturated heterocycles. The van der Waals surface area contributed by atoms with Gasteiger partial charge in [0.25, 0.3) is 0 Å². The van der Waals surface area contributed by atoms with Crippen molar-refractivity contribution < 1.29 is 14.3 Å². The monoisotopic (exact) mass is 482 g/mol. The maximum Gasteiger partial charge on any atom is 0.242 e. The molecule has 34 heavy (non-hydrogen) atoms. The minimum absolute atomic E-state index is 0.00715. The smallest absolute Gasteiger partial charge is 0.242 e. The van der Waals surface area contributed by atoms with E-state index in [0.717, 1.165) is 37.9 Å². The van der Waals surface area contributed by atoms with E-state index >= 15 is 0 Å². The fourth-order valence-corrected chi connectivity index (χ4v) is 6.09. The Labute approximate surface area is 208 Å². The molecule has 2 aromatic rings. The van der Waals surface area contributed by atoms with Gasteiger partial charge in [-0.25, -0.2) is 0 Å². The number of carbonyl (C=O) groups excluding carboxylic acids is 2. The highest BCUT2D eigenvalue weighted by Crippen LogP contribution is 2.34. The number of amides is 2. The van der Waals surface area contributed by atoms with Crippen LogP contribution in [0.3, 0.4) is 0 Å². The van der Waals surface area contributed by atoms with Gasteiger partial charge in [0, 0.05) is 23.4 Å². The first-order valence-corrected chi connectivity index (χ1v) is 13.6. The Bertz CT molecular complexity index is 976. The third-order valence-electron chi connectivity index (χ3n) is 7.29. The predicted octanol–water partition coefficient (Wildman–Crippen LogP) is 5.80. The predicted molar refractivity (Wildman–Crippen MR) is 137 cm³/mol. The van der Waals surface area contributed by atoms with Crippen LogP contribution in [-0.2, 0) is 16.0 Å². The molecular weight excluding hydrogens is 444 g/mol. The lowest BCUT2D eigenvalue weighted by Crippen LogP contribution is -2.50. The number of nitrogens with zero attached hydrogens (tertiary/aromatic N) is 2. The molecule has 2 aliphatic rings. The Morgan fingerprint density at radius 1 is 1.09 bits per heavy atom. The Morgan fingerprint density at radius 2 is 1.79 bits per heavy atom. The van der Waals surface area contributed by atoms with Crippen LogP contribution >= 0.6 is 11.3 Å². The van der Waals surface area contributed by atoms with Crippen LogP contribution in [0, 0.1) is 5.92 Å². The summed E-state index contributed by atoms with van der Waals surface area (Å²) < 4.78 is 6.20. The summed E-state index contributed by atoms with van der Waals surface area (Å²) in [5.41, 5.74) is 2.46. The number of rotatable bonds is 8. The molecule has 0 spiro atoms. The number of hydrogen-bond donors (Lipinski definition) is 0. The topological polar surface area (TPSA) is 49.9 Å². The van der Waals surface area contributed by atoms with Gasteiger partial charge in [-0.2, -0.15) is 0 Å². The summed E-state index contributed by atoms with van der Waals surface area (Å²) in [4.78, 5) is 31.8. The number of benzene rings is 1. The molecule has 184 valence electrons. The third-order valence-corrected chi connectivity index (χ3v) is 8.28. The molecule has 6 heteroatoms. The van der Waals surface area contributed by atoms with Gasteiger partial charge in [-0.05, 0) is 73.7 Å². The summed E-state index contributed by atoms with van der Waals surface area (Å²) in [5.74, 6) is 1.53. The Hall–Kier alpha value is -2.34. The first-order chi connectivity index (χ1) is 16.3. The molecule has 1 saturated carbocycles. The largest absolute Gasteiger partial charge is 0.491 e. The first kappa shape index (κ1) is 24.8. The van der Waals surface area contributed by atoms with E-state index in [1.807, 2.05) is 30.9 Å². The van der Waals surface area contributed by atoms with E-state index in [9.17, 15) is 9.59 Å². The Morgan fingerprint density at radius 3 is 2.44 bits per heavy atom. The molecule has 4 rings (SSSR count). The zero-order valence-corrected chi connectivity index (χ0v) is 21.8. The summed E-state index contributed by atoms with van der Waals surface area (Å²) in [6.45, 7) is 9.59. The fraction of sp³-hybridized carbons (Fsp3) is 0.571. The van der Waals surface area contributed by atoms with Crippen molar-refractivity contribution in [3.8, 4) is 5.75 Å². The van der Waals surface area contributed by atoms with Crippen LogP contribution in [0.2, 0.25) is 0 Å². The van der Waals surface area contributed by atoms with Crippen molar-refractivity contribution >= 4 is 23.2 Å². The summed E-state index contributed by atoms with van der Waals surface area (Å²) in [6.07, 6.45) is 4.98. The lowest BCUT2D eigenvalue weighted by atomic mass is 10.00. The molecule has 0 bridgehead atoms. The van der Waals surface area contributed by atoms with E-state index in [-0.39, 0.29) is 36.4 Å². The average molecular weight is 483 g/mol. The molecule has 1 aromatic heterocycles. The van der Waals surface area contributed by atoms with Crippen molar-refractivity contribution in [2.24, 2.45) is 5.92 Å². The number of hydrogen-bond acceptors (Lipinski definition) is 4. The molecule has 1 aliphatic heterocycles. The van der Waals surface area contributed by atoms with Crippen molar-refractivity contribution in [1.82, 2.24) is 9.80 Å². The molecule has 1 aromatic carbocycles. The number of fused-ring (bicyclic) bond motifs is 1. The van der Waals surface area contributed by atoms with Crippen molar-refractivity contribution in [2.75, 3.05) is 19.7 Å². The highest BCUT2D eigenvalue weighted by Gasteiger charge is 2.35. The summed E-state index contributed by atoms with van der Waals surface area (Å²) in [5, 5.41) is 2.10. The van der Waals surface area contributed by atoms with E-state index in [1.165, 1.54) is 16.0 Å². The van der Waals surface area contributed by atoms with Crippen LogP contribution in [0.1, 0.15) is 81.3 Å². The molecular formula is C28H38N2O3S. The standard InChI is InChI=1S/C28H38N2O3S/c1-19(2)21-9-11-23(12-10-21)33-18-25-24-14-16-34-26(24)13-15-29(25)27(31)17-30(20(3)4)28(32)22-7-5-6-8-22/h9-12,14,16,19-20,22,25H,5-8,13,15,17-18H2,1-4H3/t25-/m1/s1. The van der Waals surface area contributed by atoms with Gasteiger partial charge >= 0.3 is 0 Å². The van der Waals surface area contributed by atoms with Crippen LogP contribution in [0.15, 0.2) is 35.7 Å². The minimum atomic E-state index is -0.136. The molecule has 1 aliphatic carbocycles. The van der Waals surface area contributed by atoms with Crippen molar-refractivity contribution in [2.45, 2.75) is 77.8 Å². The van der Waals surface area contributed by atoms with Crippen LogP contribution in [0.4, 0.5) is 0 Å². The Balaban J connectivity index is 1.48. The van der Waals surface area contributed by atoms with Gasteiger partial charge in [-0.15, -0.1) is 11.3 Å². The minimum Gasteiger partial charge on any atom is -0.491 e. The summed E-state index contributed by atoms with van der Waals surface area (Å²) in [6, 6.07) is 10.2. The van der Waals surface area contributed by atoms with Gasteiger partial charge in [0.1, 0.15) is 18.9 Å². The van der Waals surface area contributed by atoms with Gasteiger partial charge in [-0.3, -0.25) is 9.59 Å². The second-order valence-corrected chi connectivity index (χ2v) is 11.2. The van der Waals surface area contributed by atoms with Gasteiger partial charge in [0.15, 0.2) is 0 Å². The molecule has 0 N–H and O–H groups in total. The van der Waals surface area contributed by atoms with Gasteiger partial charge in [-0.1, -0.05) is 38.8 Å². The van der Waals surface area contributed by atoms with E-state index < -0.39 is 0 Å². The average Bonchev–Trinajstić information content (AvgIpc) is 3.52. The second kappa shape index (κ2) is 10.9. The lowest BCUT2D eigenvalue weighted by Gasteiger charge is -2.38. The maximum absolute atomic E-state index is 13.6. The normalized spacial score (nSPS) is 18.4. The van der Waals surface area contributed by atoms with Crippen LogP contribution in [0.25, 0.3) is 0 Å². The van der Waals surface area contributed by atoms with Crippen LogP contribution in [-0.4, -0.2) is 47.4 Å². The van der Waals surface area contributed by atoms with Gasteiger partial charge in [0.05, 0.1) is 6.04 Å². The summed E-state index contributed by atoms with van der Waals surface area (Å²) >= 11 is 1.75. The molecule has 1 fully saturated rings. The van der Waals surface area contributed by atoms with E-state index in [2.05, 4.69) is 37.4 Å². The number of thiophene rings is 1. The quantitative estimate of drug-likeness (QED) is 0.478. The number of ether oxygens (including phenoxy) is 1. The molecule has 1 atom stereocenters. The molecule has 0 unspecified atom stereocenters. The summed E-state index contributed by atoms with van der Waals surface area (Å²) in [7, 11) is 0. The van der Waals surface area contributed by atoms with Gasteiger partial charge in [0.2, 0.25) is 11.8 Å². The Kier molecular flexibility index (Phi) is 7.97. The fourth-order valence-electron chi connectivity index (χ4n) is 5.16. The van der Waals surface area contributed by atoms with E-state index in [4.69, 9.17) is 4.74 Å². The van der Waals surface area contributed by atoms with E-state index in [0.29, 0.717) is 19.1 Å². The first-order valence-electron chi connectivity index (χ1n) is 12.7. The third kappa shape index (κ3) is 5.48. The second-order valence-electron chi connectivity index (χ2n) is 10.2. The van der Waals surface area contributed by atoms with Crippen molar-refractivity contribution in [1.29, 1.82) is 0 Å². The van der Waals surface area contributed by atoms with Gasteiger partial charge < -0.3 is 14.5 Å². The molecule has 2 amide bonds. The zero-order valence-electron chi connectivity index (χ0n) is 21.0. The molecule has 2 heterocycles. The van der Waals surface area contributed by atoms with Crippen LogP contribution < -0.4 is 4.74 Å². The highest BCUT2D eigenvalue weighted by atomic mass is 32.1. The van der Waals surface area contributed by atoms with Crippen molar-refractivity contribution in [3.63, 3.8) is 0 Å². The SMILES string of the molecule is CC(C)c1ccc(OC[C@@H]2c3ccsc3CCN2C(=O)CN(C(=O)C2CCCC2)C(C)C)cc1. The van der Waals surface area contributed by atoms with Crippen LogP contribution in [0.5, 0.6) is 5.75 Å².